The minimum atomic E-state index is -0.239. The summed E-state index contributed by atoms with van der Waals surface area (Å²) in [6.07, 6.45) is 1.97. The molecule has 1 aliphatic heterocycles. The van der Waals surface area contributed by atoms with Crippen LogP contribution in [0.2, 0.25) is 0 Å². The van der Waals surface area contributed by atoms with E-state index in [1.54, 1.807) is 30.2 Å². The van der Waals surface area contributed by atoms with Crippen LogP contribution in [0.3, 0.4) is 0 Å². The molecule has 2 aromatic rings. The average molecular weight is 356 g/mol. The first kappa shape index (κ1) is 18.1. The van der Waals surface area contributed by atoms with Crippen molar-refractivity contribution in [3.05, 3.63) is 54.1 Å². The fraction of sp³-hybridized carbons (Fsp3) is 0.350. The first-order valence-corrected chi connectivity index (χ1v) is 8.74. The third-order valence-corrected chi connectivity index (χ3v) is 4.41. The van der Waals surface area contributed by atoms with Crippen molar-refractivity contribution in [1.82, 2.24) is 4.90 Å². The van der Waals surface area contributed by atoms with Crippen LogP contribution >= 0.6 is 0 Å². The van der Waals surface area contributed by atoms with Gasteiger partial charge in [0.25, 0.3) is 0 Å². The summed E-state index contributed by atoms with van der Waals surface area (Å²) in [5.41, 5.74) is 1.36. The number of benzene rings is 2. The highest BCUT2D eigenvalue weighted by Crippen LogP contribution is 2.22. The van der Waals surface area contributed by atoms with Gasteiger partial charge in [-0.25, -0.2) is 4.79 Å². The largest absolute Gasteiger partial charge is 0.508 e. The second-order valence-electron chi connectivity index (χ2n) is 6.31. The zero-order valence-corrected chi connectivity index (χ0v) is 14.9. The lowest BCUT2D eigenvalue weighted by atomic mass is 10.1. The predicted molar refractivity (Wildman–Crippen MR) is 99.5 cm³/mol. The molecule has 1 unspecified atom stereocenters. The third-order valence-electron chi connectivity index (χ3n) is 4.41. The van der Waals surface area contributed by atoms with Crippen LogP contribution in [0.4, 0.5) is 10.5 Å². The highest BCUT2D eigenvalue weighted by molar-refractivity contribution is 5.89. The number of carbonyl (C=O) groups is 1. The van der Waals surface area contributed by atoms with Crippen molar-refractivity contribution < 1.29 is 19.4 Å². The molecular formula is C20H24N2O4. The molecule has 0 spiro atoms. The van der Waals surface area contributed by atoms with Crippen LogP contribution in [0.25, 0.3) is 0 Å². The number of rotatable bonds is 6. The number of phenols is 1. The summed E-state index contributed by atoms with van der Waals surface area (Å²) < 4.78 is 10.9. The third kappa shape index (κ3) is 4.67. The van der Waals surface area contributed by atoms with Crippen molar-refractivity contribution in [3.8, 4) is 11.5 Å². The van der Waals surface area contributed by atoms with Gasteiger partial charge in [-0.3, -0.25) is 0 Å². The number of methoxy groups -OCH3 is 1. The second-order valence-corrected chi connectivity index (χ2v) is 6.31. The number of amides is 2. The summed E-state index contributed by atoms with van der Waals surface area (Å²) in [4.78, 5) is 14.5. The maximum absolute atomic E-state index is 12.9. The Morgan fingerprint density at radius 1 is 1.31 bits per heavy atom. The van der Waals surface area contributed by atoms with E-state index in [1.165, 1.54) is 0 Å². The lowest BCUT2D eigenvalue weighted by Crippen LogP contribution is -2.39. The van der Waals surface area contributed by atoms with Gasteiger partial charge < -0.3 is 24.8 Å². The molecular weight excluding hydrogens is 332 g/mol. The fourth-order valence-corrected chi connectivity index (χ4v) is 3.01. The maximum atomic E-state index is 12.9. The molecule has 1 heterocycles. The van der Waals surface area contributed by atoms with Crippen LogP contribution in [0.15, 0.2) is 48.5 Å². The molecule has 0 aliphatic carbocycles. The maximum Gasteiger partial charge on any atom is 0.322 e. The summed E-state index contributed by atoms with van der Waals surface area (Å²) in [6, 6.07) is 14.0. The molecule has 6 heteroatoms. The minimum Gasteiger partial charge on any atom is -0.508 e. The number of ether oxygens (including phenoxy) is 2. The van der Waals surface area contributed by atoms with Gasteiger partial charge in [-0.2, -0.15) is 0 Å². The lowest BCUT2D eigenvalue weighted by Gasteiger charge is -2.26. The molecule has 138 valence electrons. The van der Waals surface area contributed by atoms with Crippen molar-refractivity contribution in [2.45, 2.75) is 25.5 Å². The van der Waals surface area contributed by atoms with Gasteiger partial charge in [0.05, 0.1) is 19.8 Å². The van der Waals surface area contributed by atoms with E-state index >= 15 is 0 Å². The second kappa shape index (κ2) is 8.58. The predicted octanol–water partition coefficient (Wildman–Crippen LogP) is 3.61. The number of anilines is 1. The van der Waals surface area contributed by atoms with Crippen LogP contribution in [0.5, 0.6) is 11.5 Å². The monoisotopic (exact) mass is 356 g/mol. The van der Waals surface area contributed by atoms with Crippen molar-refractivity contribution in [2.75, 3.05) is 25.6 Å². The van der Waals surface area contributed by atoms with Crippen LogP contribution in [-0.2, 0) is 11.3 Å². The highest BCUT2D eigenvalue weighted by Gasteiger charge is 2.23. The summed E-state index contributed by atoms with van der Waals surface area (Å²) in [5, 5.41) is 13.0. The molecule has 6 nitrogen and oxygen atoms in total. The van der Waals surface area contributed by atoms with E-state index in [0.29, 0.717) is 30.1 Å². The van der Waals surface area contributed by atoms with Crippen molar-refractivity contribution in [1.29, 1.82) is 0 Å². The normalized spacial score (nSPS) is 16.3. The molecule has 0 bridgehead atoms. The Hall–Kier alpha value is -2.73. The number of phenolic OH excluding ortho intramolecular Hbond substituents is 1. The number of hydrogen-bond acceptors (Lipinski definition) is 4. The highest BCUT2D eigenvalue weighted by atomic mass is 16.5. The molecule has 1 fully saturated rings. The molecule has 3 rings (SSSR count). The molecule has 0 radical (unpaired) electrons. The van der Waals surface area contributed by atoms with Gasteiger partial charge >= 0.3 is 6.03 Å². The van der Waals surface area contributed by atoms with E-state index in [4.69, 9.17) is 9.47 Å². The quantitative estimate of drug-likeness (QED) is 0.829. The topological polar surface area (TPSA) is 71.0 Å². The number of urea groups is 1. The minimum absolute atomic E-state index is 0.0249. The molecule has 2 aromatic carbocycles. The first-order valence-electron chi connectivity index (χ1n) is 8.74. The first-order chi connectivity index (χ1) is 12.7. The molecule has 1 saturated heterocycles. The van der Waals surface area contributed by atoms with E-state index in [0.717, 1.165) is 19.4 Å². The zero-order chi connectivity index (χ0) is 18.4. The van der Waals surface area contributed by atoms with Gasteiger partial charge in [-0.05, 0) is 31.0 Å². The van der Waals surface area contributed by atoms with E-state index in [2.05, 4.69) is 5.32 Å². The summed E-state index contributed by atoms with van der Waals surface area (Å²) in [7, 11) is 1.59. The molecule has 2 amide bonds. The molecule has 0 saturated carbocycles. The molecule has 1 aliphatic rings. The van der Waals surface area contributed by atoms with Gasteiger partial charge in [0.2, 0.25) is 0 Å². The molecule has 1 atom stereocenters. The number of carbonyl (C=O) groups excluding carboxylic acids is 1. The SMILES string of the molecule is COc1cccc(NC(=O)N(Cc2ccccc2O)CC2CCCO2)c1. The fourth-order valence-electron chi connectivity index (χ4n) is 3.01. The van der Waals surface area contributed by atoms with Gasteiger partial charge in [-0.1, -0.05) is 24.3 Å². The van der Waals surface area contributed by atoms with Gasteiger partial charge in [0.15, 0.2) is 0 Å². The van der Waals surface area contributed by atoms with Crippen molar-refractivity contribution in [3.63, 3.8) is 0 Å². The van der Waals surface area contributed by atoms with Gasteiger partial charge in [-0.15, -0.1) is 0 Å². The number of hydrogen-bond donors (Lipinski definition) is 2. The molecule has 2 N–H and O–H groups in total. The van der Waals surface area contributed by atoms with Crippen LogP contribution < -0.4 is 10.1 Å². The van der Waals surface area contributed by atoms with Crippen molar-refractivity contribution >= 4 is 11.7 Å². The Labute approximate surface area is 153 Å². The lowest BCUT2D eigenvalue weighted by molar-refractivity contribution is 0.0817. The van der Waals surface area contributed by atoms with Crippen LogP contribution in [0, 0.1) is 0 Å². The van der Waals surface area contributed by atoms with Crippen molar-refractivity contribution in [2.24, 2.45) is 0 Å². The van der Waals surface area contributed by atoms with E-state index < -0.39 is 0 Å². The Morgan fingerprint density at radius 3 is 2.88 bits per heavy atom. The number of nitrogens with zero attached hydrogens (tertiary/aromatic N) is 1. The summed E-state index contributed by atoms with van der Waals surface area (Å²) >= 11 is 0. The number of para-hydroxylation sites is 1. The van der Waals surface area contributed by atoms with Gasteiger partial charge in [0.1, 0.15) is 11.5 Å². The van der Waals surface area contributed by atoms with E-state index in [9.17, 15) is 9.90 Å². The Bertz CT molecular complexity index is 744. The summed E-state index contributed by atoms with van der Waals surface area (Å²) in [6.45, 7) is 1.51. The molecule has 0 aromatic heterocycles. The van der Waals surface area contributed by atoms with Gasteiger partial charge in [0, 0.05) is 30.5 Å². The van der Waals surface area contributed by atoms with E-state index in [-0.39, 0.29) is 17.9 Å². The standard InChI is InChI=1S/C20H24N2O4/c1-25-17-8-4-7-16(12-17)21-20(24)22(14-18-9-5-11-26-18)13-15-6-2-3-10-19(15)23/h2-4,6-8,10,12,18,23H,5,9,11,13-14H2,1H3,(H,21,24). The van der Waals surface area contributed by atoms with Crippen LogP contribution in [0.1, 0.15) is 18.4 Å². The average Bonchev–Trinajstić information content (AvgIpc) is 3.16. The smallest absolute Gasteiger partial charge is 0.322 e. The zero-order valence-electron chi connectivity index (χ0n) is 14.9. The Kier molecular flexibility index (Phi) is 5.96. The molecule has 26 heavy (non-hydrogen) atoms. The number of aromatic hydroxyl groups is 1. The Morgan fingerprint density at radius 2 is 2.15 bits per heavy atom. The number of nitrogens with one attached hydrogen (secondary N) is 1. The van der Waals surface area contributed by atoms with E-state index in [1.807, 2.05) is 30.3 Å². The summed E-state index contributed by atoms with van der Waals surface area (Å²) in [5.74, 6) is 0.855. The Balaban J connectivity index is 1.74. The van der Waals surface area contributed by atoms with Crippen LogP contribution in [-0.4, -0.2) is 42.4 Å².